The summed E-state index contributed by atoms with van der Waals surface area (Å²) in [5, 5.41) is 4.26. The summed E-state index contributed by atoms with van der Waals surface area (Å²) in [6.45, 7) is 3.04. The molecule has 1 saturated heterocycles. The van der Waals surface area contributed by atoms with Gasteiger partial charge in [0.15, 0.2) is 10.8 Å². The molecule has 0 saturated carbocycles. The molecule has 0 amide bonds. The Morgan fingerprint density at radius 1 is 1.60 bits per heavy atom. The zero-order valence-corrected chi connectivity index (χ0v) is 14.7. The molecule has 6 heteroatoms. The third kappa shape index (κ3) is 2.42. The lowest BCUT2D eigenvalue weighted by molar-refractivity contribution is -0.0654. The van der Waals surface area contributed by atoms with Crippen LogP contribution in [-0.4, -0.2) is 34.3 Å². The summed E-state index contributed by atoms with van der Waals surface area (Å²) in [5.74, 6) is 2.00. The highest BCUT2D eigenvalue weighted by Crippen LogP contribution is 2.44. The van der Waals surface area contributed by atoms with Crippen LogP contribution in [0.4, 0.5) is 0 Å². The maximum absolute atomic E-state index is 6.29. The van der Waals surface area contributed by atoms with Gasteiger partial charge in [0.1, 0.15) is 5.75 Å². The van der Waals surface area contributed by atoms with Crippen molar-refractivity contribution in [1.29, 1.82) is 0 Å². The first-order valence-corrected chi connectivity index (χ1v) is 9.18. The lowest BCUT2D eigenvalue weighted by Crippen LogP contribution is -2.64. The fourth-order valence-corrected chi connectivity index (χ4v) is 4.08. The molecule has 1 N–H and O–H groups in total. The Morgan fingerprint density at radius 3 is 3.15 bits per heavy atom. The molecule has 0 aromatic heterocycles. The van der Waals surface area contributed by atoms with Crippen molar-refractivity contribution in [2.24, 2.45) is 0 Å². The number of ether oxygens (including phenoxy) is 1. The van der Waals surface area contributed by atoms with Crippen molar-refractivity contribution in [2.45, 2.75) is 25.1 Å². The fraction of sp³-hybridized carbons (Fsp3) is 0.500. The Hall–Kier alpha value is -0.460. The highest BCUT2D eigenvalue weighted by atomic mass is 79.9. The summed E-state index contributed by atoms with van der Waals surface area (Å²) in [6.07, 6.45) is 3.02. The predicted molar refractivity (Wildman–Crippen MR) is 91.4 cm³/mol. The minimum absolute atomic E-state index is 0.235. The summed E-state index contributed by atoms with van der Waals surface area (Å²) in [5.41, 5.74) is 0.840. The largest absolute Gasteiger partial charge is 0.468 e. The Morgan fingerprint density at radius 2 is 2.40 bits per heavy atom. The normalized spacial score (nSPS) is 27.6. The number of fused-ring (bicyclic) bond motifs is 4. The second-order valence-electron chi connectivity index (χ2n) is 5.31. The molecule has 1 aromatic rings. The zero-order valence-electron chi connectivity index (χ0n) is 11.5. The molecule has 2 aliphatic rings. The van der Waals surface area contributed by atoms with Crippen LogP contribution in [0.25, 0.3) is 0 Å². The van der Waals surface area contributed by atoms with E-state index in [1.165, 1.54) is 5.56 Å². The van der Waals surface area contributed by atoms with Crippen LogP contribution in [0.2, 0.25) is 0 Å². The summed E-state index contributed by atoms with van der Waals surface area (Å²) >= 11 is 10.9. The number of nitrogens with one attached hydrogen (secondary N) is 1. The van der Waals surface area contributed by atoms with E-state index in [0.29, 0.717) is 0 Å². The molecule has 2 aliphatic heterocycles. The maximum atomic E-state index is 6.29. The van der Waals surface area contributed by atoms with Crippen LogP contribution >= 0.6 is 39.9 Å². The van der Waals surface area contributed by atoms with E-state index in [9.17, 15) is 0 Å². The third-order valence-electron chi connectivity index (χ3n) is 3.89. The molecule has 2 unspecified atom stereocenters. The van der Waals surface area contributed by atoms with E-state index in [4.69, 9.17) is 17.0 Å². The highest BCUT2D eigenvalue weighted by Gasteiger charge is 2.47. The average molecular weight is 373 g/mol. The molecule has 0 radical (unpaired) electrons. The molecule has 3 nitrogen and oxygen atoms in total. The Labute approximate surface area is 137 Å². The van der Waals surface area contributed by atoms with Crippen molar-refractivity contribution in [2.75, 3.05) is 18.6 Å². The number of hydrogen-bond donors (Lipinski definition) is 1. The van der Waals surface area contributed by atoms with Gasteiger partial charge in [-0.3, -0.25) is 0 Å². The van der Waals surface area contributed by atoms with Gasteiger partial charge < -0.3 is 15.0 Å². The second kappa shape index (κ2) is 5.39. The lowest BCUT2D eigenvalue weighted by atomic mass is 9.91. The fourth-order valence-electron chi connectivity index (χ4n) is 2.91. The molecule has 2 atom stereocenters. The van der Waals surface area contributed by atoms with Gasteiger partial charge in [-0.2, -0.15) is 11.8 Å². The number of nitrogens with zero attached hydrogens (tertiary/aromatic N) is 1. The zero-order chi connectivity index (χ0) is 14.3. The molecular weight excluding hydrogens is 356 g/mol. The van der Waals surface area contributed by atoms with Gasteiger partial charge in [-0.15, -0.1) is 0 Å². The molecular formula is C14H17BrN2OS2. The standard InChI is InChI=1S/C14H17BrN2OS2/c1-14-8-11(16-13(19)17(14)5-6-20-2)10-7-9(15)3-4-12(10)18-14/h3-4,7,11H,5-6,8H2,1-2H3,(H,16,19). The number of benzene rings is 1. The number of rotatable bonds is 3. The Balaban J connectivity index is 1.96. The van der Waals surface area contributed by atoms with Crippen LogP contribution in [-0.2, 0) is 0 Å². The van der Waals surface area contributed by atoms with Gasteiger partial charge in [0.25, 0.3) is 0 Å². The molecule has 108 valence electrons. The van der Waals surface area contributed by atoms with Crippen LogP contribution in [0.5, 0.6) is 5.75 Å². The van der Waals surface area contributed by atoms with E-state index < -0.39 is 0 Å². The summed E-state index contributed by atoms with van der Waals surface area (Å²) in [7, 11) is 0. The Kier molecular flexibility index (Phi) is 3.90. The van der Waals surface area contributed by atoms with E-state index in [0.717, 1.165) is 34.1 Å². The number of halogens is 1. The number of hydrogen-bond acceptors (Lipinski definition) is 3. The van der Waals surface area contributed by atoms with Crippen molar-refractivity contribution in [1.82, 2.24) is 10.2 Å². The predicted octanol–water partition coefficient (Wildman–Crippen LogP) is 3.54. The van der Waals surface area contributed by atoms with E-state index in [1.54, 1.807) is 0 Å². The van der Waals surface area contributed by atoms with E-state index >= 15 is 0 Å². The Bertz CT molecular complexity index is 554. The van der Waals surface area contributed by atoms with E-state index in [2.05, 4.69) is 45.4 Å². The van der Waals surface area contributed by atoms with Gasteiger partial charge in [-0.05, 0) is 43.6 Å². The highest BCUT2D eigenvalue weighted by molar-refractivity contribution is 9.10. The third-order valence-corrected chi connectivity index (χ3v) is 5.32. The first kappa shape index (κ1) is 14.5. The van der Waals surface area contributed by atoms with Crippen molar-refractivity contribution in [3.63, 3.8) is 0 Å². The van der Waals surface area contributed by atoms with Gasteiger partial charge >= 0.3 is 0 Å². The first-order chi connectivity index (χ1) is 9.53. The second-order valence-corrected chi connectivity index (χ2v) is 7.60. The van der Waals surface area contributed by atoms with Crippen molar-refractivity contribution < 1.29 is 4.74 Å². The van der Waals surface area contributed by atoms with Crippen molar-refractivity contribution in [3.05, 3.63) is 28.2 Å². The smallest absolute Gasteiger partial charge is 0.184 e. The molecule has 2 heterocycles. The van der Waals surface area contributed by atoms with Crippen molar-refractivity contribution in [3.8, 4) is 5.75 Å². The summed E-state index contributed by atoms with van der Waals surface area (Å²) < 4.78 is 7.36. The van der Waals surface area contributed by atoms with Gasteiger partial charge in [0, 0.05) is 28.8 Å². The number of thiocarbonyl (C=S) groups is 1. The van der Waals surface area contributed by atoms with Crippen LogP contribution in [0.3, 0.4) is 0 Å². The molecule has 0 spiro atoms. The van der Waals surface area contributed by atoms with Crippen LogP contribution in [0.15, 0.2) is 22.7 Å². The topological polar surface area (TPSA) is 24.5 Å². The quantitative estimate of drug-likeness (QED) is 0.817. The molecule has 3 rings (SSSR count). The van der Waals surface area contributed by atoms with Gasteiger partial charge in [0.2, 0.25) is 0 Å². The van der Waals surface area contributed by atoms with Crippen LogP contribution < -0.4 is 10.1 Å². The molecule has 1 fully saturated rings. The van der Waals surface area contributed by atoms with Crippen molar-refractivity contribution >= 4 is 45.0 Å². The maximum Gasteiger partial charge on any atom is 0.184 e. The van der Waals surface area contributed by atoms with Gasteiger partial charge in [-0.25, -0.2) is 0 Å². The first-order valence-electron chi connectivity index (χ1n) is 6.59. The minimum Gasteiger partial charge on any atom is -0.468 e. The minimum atomic E-state index is -0.344. The van der Waals surface area contributed by atoms with E-state index in [1.807, 2.05) is 23.9 Å². The van der Waals surface area contributed by atoms with E-state index in [-0.39, 0.29) is 11.8 Å². The van der Waals surface area contributed by atoms with Gasteiger partial charge in [-0.1, -0.05) is 15.9 Å². The monoisotopic (exact) mass is 372 g/mol. The van der Waals surface area contributed by atoms with Crippen LogP contribution in [0.1, 0.15) is 24.9 Å². The summed E-state index contributed by atoms with van der Waals surface area (Å²) in [4.78, 5) is 2.18. The SMILES string of the molecule is CSCCN1C(=S)NC2CC1(C)Oc1ccc(Br)cc12. The molecule has 1 aromatic carbocycles. The molecule has 2 bridgehead atoms. The average Bonchev–Trinajstić information content (AvgIpc) is 2.39. The van der Waals surface area contributed by atoms with Crippen LogP contribution in [0, 0.1) is 0 Å². The number of thioether (sulfide) groups is 1. The summed E-state index contributed by atoms with van der Waals surface area (Å²) in [6, 6.07) is 6.41. The molecule has 20 heavy (non-hydrogen) atoms. The molecule has 0 aliphatic carbocycles. The van der Waals surface area contributed by atoms with Gasteiger partial charge in [0.05, 0.1) is 6.04 Å². The lowest BCUT2D eigenvalue weighted by Gasteiger charge is -2.52.